The van der Waals surface area contributed by atoms with E-state index in [4.69, 9.17) is 24.7 Å². The fourth-order valence-electron chi connectivity index (χ4n) is 6.14. The maximum absolute atomic E-state index is 13.2. The standard InChI is InChI=1S/C33H52N6O8/c1-8-9-16-45-32(4,5)31(43)37-29-22-14-15-24(39(22)36-19-35-29)33(38(6)7)28(41)27(46-30(42)26(34)20(2)3)23(47-33)18-44-25(40)17-21-12-10-11-13-21/h14-15,19-21,23,26-28,41H,8-13,16-18,34H2,1-7H3,(H,35,36,37,43)/t23-,26-,27-,28-,33+/m1/s1. The van der Waals surface area contributed by atoms with E-state index in [-0.39, 0.29) is 36.1 Å². The van der Waals surface area contributed by atoms with Crippen LogP contribution in [0, 0.1) is 11.8 Å². The number of carbonyl (C=O) groups is 3. The third kappa shape index (κ3) is 7.94. The monoisotopic (exact) mass is 660 g/mol. The summed E-state index contributed by atoms with van der Waals surface area (Å²) < 4.78 is 25.4. The van der Waals surface area contributed by atoms with E-state index in [2.05, 4.69) is 15.4 Å². The van der Waals surface area contributed by atoms with Gasteiger partial charge in [-0.05, 0) is 71.2 Å². The molecule has 1 saturated heterocycles. The second-order valence-corrected chi connectivity index (χ2v) is 13.7. The minimum absolute atomic E-state index is 0.217. The molecule has 0 spiro atoms. The van der Waals surface area contributed by atoms with Gasteiger partial charge in [0.2, 0.25) is 0 Å². The molecular formula is C33H52N6O8. The van der Waals surface area contributed by atoms with Crippen LogP contribution in [0.25, 0.3) is 5.52 Å². The molecule has 2 aromatic heterocycles. The number of nitrogens with one attached hydrogen (secondary N) is 1. The number of amides is 1. The largest absolute Gasteiger partial charge is 0.463 e. The molecule has 262 valence electrons. The number of likely N-dealkylation sites (N-methyl/N-ethyl adjacent to an activating group) is 1. The quantitative estimate of drug-likeness (QED) is 0.188. The molecule has 4 N–H and O–H groups in total. The van der Waals surface area contributed by atoms with Crippen molar-refractivity contribution in [3.8, 4) is 0 Å². The van der Waals surface area contributed by atoms with Crippen LogP contribution in [-0.2, 0) is 39.1 Å². The number of rotatable bonds is 15. The van der Waals surface area contributed by atoms with Gasteiger partial charge in [0.15, 0.2) is 17.6 Å². The highest BCUT2D eigenvalue weighted by Crippen LogP contribution is 2.44. The lowest BCUT2D eigenvalue weighted by atomic mass is 9.97. The van der Waals surface area contributed by atoms with Gasteiger partial charge in [-0.25, -0.2) is 9.50 Å². The number of ether oxygens (including phenoxy) is 4. The fraction of sp³-hybridized carbons (Fsp3) is 0.727. The number of aliphatic hydroxyl groups is 1. The lowest BCUT2D eigenvalue weighted by Crippen LogP contribution is -2.53. The van der Waals surface area contributed by atoms with Gasteiger partial charge in [0.25, 0.3) is 5.91 Å². The molecule has 1 aliphatic carbocycles. The Morgan fingerprint density at radius 2 is 1.94 bits per heavy atom. The molecule has 2 aliphatic rings. The van der Waals surface area contributed by atoms with Gasteiger partial charge < -0.3 is 35.1 Å². The van der Waals surface area contributed by atoms with Gasteiger partial charge in [-0.3, -0.25) is 19.3 Å². The van der Waals surface area contributed by atoms with Crippen LogP contribution in [0.3, 0.4) is 0 Å². The zero-order valence-corrected chi connectivity index (χ0v) is 28.7. The van der Waals surface area contributed by atoms with Gasteiger partial charge in [-0.2, -0.15) is 5.10 Å². The molecule has 3 heterocycles. The molecule has 5 atom stereocenters. The van der Waals surface area contributed by atoms with Crippen molar-refractivity contribution in [1.29, 1.82) is 0 Å². The molecule has 1 saturated carbocycles. The lowest BCUT2D eigenvalue weighted by Gasteiger charge is -2.38. The summed E-state index contributed by atoms with van der Waals surface area (Å²) in [6.07, 6.45) is 3.78. The summed E-state index contributed by atoms with van der Waals surface area (Å²) in [6.45, 7) is 9.20. The molecule has 0 unspecified atom stereocenters. The number of esters is 2. The van der Waals surface area contributed by atoms with Crippen molar-refractivity contribution in [3.05, 3.63) is 24.2 Å². The summed E-state index contributed by atoms with van der Waals surface area (Å²) in [5, 5.41) is 19.3. The molecular weight excluding hydrogens is 608 g/mol. The van der Waals surface area contributed by atoms with Gasteiger partial charge in [0.05, 0.1) is 5.69 Å². The van der Waals surface area contributed by atoms with Crippen LogP contribution >= 0.6 is 0 Å². The lowest BCUT2D eigenvalue weighted by molar-refractivity contribution is -0.187. The number of anilines is 1. The minimum Gasteiger partial charge on any atom is -0.463 e. The Bertz CT molecular complexity index is 1390. The van der Waals surface area contributed by atoms with Crippen LogP contribution < -0.4 is 11.1 Å². The second kappa shape index (κ2) is 15.4. The summed E-state index contributed by atoms with van der Waals surface area (Å²) in [6, 6.07) is 2.45. The smallest absolute Gasteiger partial charge is 0.323 e. The Balaban J connectivity index is 1.65. The van der Waals surface area contributed by atoms with Crippen molar-refractivity contribution in [3.63, 3.8) is 0 Å². The van der Waals surface area contributed by atoms with E-state index in [9.17, 15) is 19.5 Å². The van der Waals surface area contributed by atoms with Gasteiger partial charge in [0.1, 0.15) is 42.3 Å². The number of aliphatic hydroxyl groups excluding tert-OH is 1. The van der Waals surface area contributed by atoms with Crippen LogP contribution in [0.5, 0.6) is 0 Å². The number of unbranched alkanes of at least 4 members (excludes halogenated alkanes) is 1. The molecule has 2 aromatic rings. The third-order valence-corrected chi connectivity index (χ3v) is 9.21. The van der Waals surface area contributed by atoms with Crippen molar-refractivity contribution in [1.82, 2.24) is 19.5 Å². The second-order valence-electron chi connectivity index (χ2n) is 13.7. The van der Waals surface area contributed by atoms with Crippen molar-refractivity contribution < 1.29 is 38.4 Å². The normalized spacial score (nSPS) is 24.3. The number of hydrogen-bond donors (Lipinski definition) is 3. The summed E-state index contributed by atoms with van der Waals surface area (Å²) in [5.41, 5.74) is 4.17. The van der Waals surface area contributed by atoms with Crippen molar-refractivity contribution in [2.45, 2.75) is 115 Å². The molecule has 0 radical (unpaired) electrons. The first-order valence-electron chi connectivity index (χ1n) is 16.7. The molecule has 1 aliphatic heterocycles. The van der Waals surface area contributed by atoms with Gasteiger partial charge in [-0.15, -0.1) is 0 Å². The summed E-state index contributed by atoms with van der Waals surface area (Å²) in [5.74, 6) is -1.17. The van der Waals surface area contributed by atoms with E-state index < -0.39 is 41.6 Å². The highest BCUT2D eigenvalue weighted by Gasteiger charge is 2.61. The Kier molecular flexibility index (Phi) is 12.0. The van der Waals surface area contributed by atoms with E-state index in [0.29, 0.717) is 24.2 Å². The maximum Gasteiger partial charge on any atom is 0.323 e. The van der Waals surface area contributed by atoms with Crippen LogP contribution in [0.4, 0.5) is 5.82 Å². The Morgan fingerprint density at radius 3 is 2.57 bits per heavy atom. The molecule has 2 fully saturated rings. The molecule has 4 rings (SSSR count). The molecule has 1 amide bonds. The van der Waals surface area contributed by atoms with Gasteiger partial charge in [0, 0.05) is 13.0 Å². The molecule has 0 aromatic carbocycles. The van der Waals surface area contributed by atoms with E-state index in [0.717, 1.165) is 38.5 Å². The van der Waals surface area contributed by atoms with E-state index in [1.807, 2.05) is 6.92 Å². The predicted molar refractivity (Wildman–Crippen MR) is 173 cm³/mol. The molecule has 14 nitrogen and oxygen atoms in total. The first-order chi connectivity index (χ1) is 22.2. The van der Waals surface area contributed by atoms with E-state index in [1.165, 1.54) is 10.8 Å². The Morgan fingerprint density at radius 1 is 1.23 bits per heavy atom. The topological polar surface area (TPSA) is 180 Å². The maximum atomic E-state index is 13.2. The van der Waals surface area contributed by atoms with Crippen molar-refractivity contribution in [2.24, 2.45) is 17.6 Å². The van der Waals surface area contributed by atoms with E-state index in [1.54, 1.807) is 58.8 Å². The van der Waals surface area contributed by atoms with Crippen molar-refractivity contribution >= 4 is 29.2 Å². The highest BCUT2D eigenvalue weighted by atomic mass is 16.6. The Labute approximate surface area is 276 Å². The number of carbonyl (C=O) groups excluding carboxylic acids is 3. The predicted octanol–water partition coefficient (Wildman–Crippen LogP) is 2.76. The number of hydrogen-bond acceptors (Lipinski definition) is 12. The van der Waals surface area contributed by atoms with Crippen LogP contribution in [0.15, 0.2) is 18.5 Å². The zero-order chi connectivity index (χ0) is 34.5. The Hall–Kier alpha value is -3.17. The fourth-order valence-corrected chi connectivity index (χ4v) is 6.14. The van der Waals surface area contributed by atoms with Crippen LogP contribution in [-0.4, -0.2) is 99.7 Å². The average Bonchev–Trinajstić information content (AvgIpc) is 3.75. The van der Waals surface area contributed by atoms with Crippen molar-refractivity contribution in [2.75, 3.05) is 32.6 Å². The number of aromatic nitrogens is 3. The summed E-state index contributed by atoms with van der Waals surface area (Å²) in [4.78, 5) is 45.0. The SMILES string of the molecule is CCCCOC(C)(C)C(=O)Nc1ncnn2c([C@]3(N(C)C)O[C@H](COC(=O)CC4CCCC4)[C@@H](OC(=O)[C@H](N)C(C)C)[C@H]3O)ccc12. The van der Waals surface area contributed by atoms with Crippen LogP contribution in [0.2, 0.25) is 0 Å². The van der Waals surface area contributed by atoms with E-state index >= 15 is 0 Å². The number of nitrogens with zero attached hydrogens (tertiary/aromatic N) is 4. The number of nitrogens with two attached hydrogens (primary N) is 1. The first-order valence-corrected chi connectivity index (χ1v) is 16.7. The van der Waals surface area contributed by atoms with Gasteiger partial charge in [-0.1, -0.05) is 40.0 Å². The average molecular weight is 661 g/mol. The minimum atomic E-state index is -1.63. The van der Waals surface area contributed by atoms with Gasteiger partial charge >= 0.3 is 11.9 Å². The number of fused-ring (bicyclic) bond motifs is 1. The zero-order valence-electron chi connectivity index (χ0n) is 28.7. The molecule has 47 heavy (non-hydrogen) atoms. The summed E-state index contributed by atoms with van der Waals surface area (Å²) in [7, 11) is 3.41. The first kappa shape index (κ1) is 36.7. The third-order valence-electron chi connectivity index (χ3n) is 9.21. The summed E-state index contributed by atoms with van der Waals surface area (Å²) >= 11 is 0. The highest BCUT2D eigenvalue weighted by molar-refractivity contribution is 5.98. The molecule has 14 heteroatoms. The van der Waals surface area contributed by atoms with Crippen LogP contribution in [0.1, 0.15) is 85.3 Å². The molecule has 0 bridgehead atoms.